The van der Waals surface area contributed by atoms with Crippen molar-refractivity contribution in [3.05, 3.63) is 48.1 Å². The summed E-state index contributed by atoms with van der Waals surface area (Å²) in [4.78, 5) is 0.250. The molecule has 1 N–H and O–H groups in total. The van der Waals surface area contributed by atoms with Gasteiger partial charge in [0.1, 0.15) is 5.75 Å². The molecule has 0 aliphatic heterocycles. The molecule has 1 aromatic rings. The average molecular weight is 279 g/mol. The molecule has 19 heavy (non-hydrogen) atoms. The molecule has 0 atom stereocenters. The van der Waals surface area contributed by atoms with Crippen LogP contribution in [0.2, 0.25) is 0 Å². The van der Waals surface area contributed by atoms with E-state index in [0.29, 0.717) is 12.3 Å². The van der Waals surface area contributed by atoms with E-state index in [0.717, 1.165) is 18.4 Å². The van der Waals surface area contributed by atoms with Gasteiger partial charge < -0.3 is 4.74 Å². The van der Waals surface area contributed by atoms with Crippen molar-refractivity contribution >= 4 is 10.0 Å². The van der Waals surface area contributed by atoms with Crippen LogP contribution in [0.25, 0.3) is 0 Å². The maximum atomic E-state index is 12.1. The van der Waals surface area contributed by atoms with Crippen molar-refractivity contribution in [2.75, 3.05) is 13.7 Å². The Kier molecular flexibility index (Phi) is 4.39. The monoisotopic (exact) mass is 279 g/mol. The Labute approximate surface area is 113 Å². The van der Waals surface area contributed by atoms with Crippen LogP contribution in [0.1, 0.15) is 12.8 Å². The highest BCUT2D eigenvalue weighted by atomic mass is 32.2. The van der Waals surface area contributed by atoms with Crippen LogP contribution in [-0.4, -0.2) is 22.1 Å². The minimum atomic E-state index is -3.46. The third-order valence-corrected chi connectivity index (χ3v) is 4.38. The minimum absolute atomic E-state index is 0.250. The first-order chi connectivity index (χ1) is 9.12. The Hall–Kier alpha value is -1.59. The van der Waals surface area contributed by atoms with Crippen molar-refractivity contribution in [2.24, 2.45) is 0 Å². The molecule has 0 bridgehead atoms. The highest BCUT2D eigenvalue weighted by molar-refractivity contribution is 7.89. The third kappa shape index (κ3) is 3.68. The van der Waals surface area contributed by atoms with Crippen molar-refractivity contribution in [3.63, 3.8) is 0 Å². The second-order valence-electron chi connectivity index (χ2n) is 4.29. The molecule has 1 aliphatic carbocycles. The van der Waals surface area contributed by atoms with E-state index in [9.17, 15) is 8.42 Å². The smallest absolute Gasteiger partial charge is 0.240 e. The van der Waals surface area contributed by atoms with Crippen molar-refractivity contribution < 1.29 is 13.2 Å². The normalized spacial score (nSPS) is 15.1. The maximum absolute atomic E-state index is 12.1. The van der Waals surface area contributed by atoms with Crippen molar-refractivity contribution in [1.82, 2.24) is 4.72 Å². The van der Waals surface area contributed by atoms with E-state index in [2.05, 4.69) is 10.8 Å². The van der Waals surface area contributed by atoms with Crippen LogP contribution >= 0.6 is 0 Å². The number of hydrogen-bond acceptors (Lipinski definition) is 3. The lowest BCUT2D eigenvalue weighted by atomic mass is 10.1. The summed E-state index contributed by atoms with van der Waals surface area (Å²) in [6.07, 6.45) is 7.86. The molecule has 0 saturated heterocycles. The molecule has 0 fully saturated rings. The second-order valence-corrected chi connectivity index (χ2v) is 6.06. The fourth-order valence-corrected chi connectivity index (χ4v) is 2.86. The van der Waals surface area contributed by atoms with Crippen LogP contribution in [0.4, 0.5) is 0 Å². The molecule has 0 amide bonds. The molecule has 0 radical (unpaired) electrons. The van der Waals surface area contributed by atoms with Crippen molar-refractivity contribution in [1.29, 1.82) is 0 Å². The summed E-state index contributed by atoms with van der Waals surface area (Å²) in [5.74, 6) is 0.638. The quantitative estimate of drug-likeness (QED) is 0.899. The molecule has 0 heterocycles. The summed E-state index contributed by atoms with van der Waals surface area (Å²) in [5, 5.41) is 0. The molecule has 102 valence electrons. The zero-order chi connectivity index (χ0) is 13.7. The number of sulfonamides is 1. The number of benzene rings is 1. The fraction of sp³-hybridized carbons (Fsp3) is 0.286. The van der Waals surface area contributed by atoms with Gasteiger partial charge in [-0.05, 0) is 37.1 Å². The van der Waals surface area contributed by atoms with E-state index in [-0.39, 0.29) is 4.90 Å². The molecule has 0 spiro atoms. The summed E-state index contributed by atoms with van der Waals surface area (Å²) in [7, 11) is -1.91. The molecular formula is C14H17NO3S. The van der Waals surface area contributed by atoms with Crippen molar-refractivity contribution in [3.8, 4) is 5.75 Å². The number of nitrogens with one attached hydrogen (secondary N) is 1. The van der Waals surface area contributed by atoms with Crippen LogP contribution in [0, 0.1) is 0 Å². The highest BCUT2D eigenvalue weighted by Crippen LogP contribution is 2.16. The lowest BCUT2D eigenvalue weighted by Crippen LogP contribution is -2.26. The number of hydrogen-bond donors (Lipinski definition) is 1. The summed E-state index contributed by atoms with van der Waals surface area (Å²) in [6, 6.07) is 6.35. The van der Waals surface area contributed by atoms with E-state index >= 15 is 0 Å². The van der Waals surface area contributed by atoms with Gasteiger partial charge in [0.05, 0.1) is 12.0 Å². The van der Waals surface area contributed by atoms with Gasteiger partial charge in [-0.25, -0.2) is 13.1 Å². The molecule has 0 unspecified atom stereocenters. The number of allylic oxidation sites excluding steroid dienone is 3. The van der Waals surface area contributed by atoms with Crippen LogP contribution in [0.5, 0.6) is 5.75 Å². The average Bonchev–Trinajstić information content (AvgIpc) is 2.46. The van der Waals surface area contributed by atoms with E-state index in [1.807, 2.05) is 12.2 Å². The summed E-state index contributed by atoms with van der Waals surface area (Å²) in [5.41, 5.74) is 1.10. The van der Waals surface area contributed by atoms with Crippen LogP contribution in [-0.2, 0) is 10.0 Å². The van der Waals surface area contributed by atoms with Crippen LogP contribution in [0.3, 0.4) is 0 Å². The number of ether oxygens (including phenoxy) is 1. The zero-order valence-electron chi connectivity index (χ0n) is 10.8. The van der Waals surface area contributed by atoms with E-state index in [1.54, 1.807) is 19.2 Å². The van der Waals surface area contributed by atoms with Gasteiger partial charge in [0.15, 0.2) is 0 Å². The van der Waals surface area contributed by atoms with Gasteiger partial charge in [-0.1, -0.05) is 23.8 Å². The molecule has 0 aromatic heterocycles. The molecule has 5 heteroatoms. The van der Waals surface area contributed by atoms with Gasteiger partial charge in [-0.2, -0.15) is 0 Å². The standard InChI is InChI=1S/C14H17NO3S/c1-18-13-7-9-14(10-8-13)19(16,17)15-11-12-5-3-2-4-6-12/h2-3,5,7-10,15H,4,6,11H2,1H3. The minimum Gasteiger partial charge on any atom is -0.497 e. The third-order valence-electron chi connectivity index (χ3n) is 2.96. The van der Waals surface area contributed by atoms with E-state index < -0.39 is 10.0 Å². The molecule has 0 saturated carbocycles. The van der Waals surface area contributed by atoms with E-state index in [1.165, 1.54) is 12.1 Å². The predicted molar refractivity (Wildman–Crippen MR) is 74.6 cm³/mol. The first kappa shape index (κ1) is 13.8. The predicted octanol–water partition coefficient (Wildman–Crippen LogP) is 2.25. The Morgan fingerprint density at radius 2 is 2.00 bits per heavy atom. The second kappa shape index (κ2) is 6.04. The highest BCUT2D eigenvalue weighted by Gasteiger charge is 2.14. The topological polar surface area (TPSA) is 55.4 Å². The van der Waals surface area contributed by atoms with Gasteiger partial charge in [0.25, 0.3) is 0 Å². The summed E-state index contributed by atoms with van der Waals surface area (Å²) >= 11 is 0. The van der Waals surface area contributed by atoms with Gasteiger partial charge in [0.2, 0.25) is 10.0 Å². The molecule has 1 aliphatic rings. The SMILES string of the molecule is COc1ccc(S(=O)(=O)NCC2=CC=CCC2)cc1. The number of rotatable bonds is 5. The van der Waals surface area contributed by atoms with Gasteiger partial charge >= 0.3 is 0 Å². The lowest BCUT2D eigenvalue weighted by molar-refractivity contribution is 0.414. The molecular weight excluding hydrogens is 262 g/mol. The van der Waals surface area contributed by atoms with Gasteiger partial charge in [-0.3, -0.25) is 0 Å². The maximum Gasteiger partial charge on any atom is 0.240 e. The Balaban J connectivity index is 2.04. The number of methoxy groups -OCH3 is 1. The Bertz CT molecular complexity index is 586. The molecule has 1 aromatic carbocycles. The molecule has 2 rings (SSSR count). The Morgan fingerprint density at radius 3 is 2.58 bits per heavy atom. The summed E-state index contributed by atoms with van der Waals surface area (Å²) in [6.45, 7) is 0.360. The summed E-state index contributed by atoms with van der Waals surface area (Å²) < 4.78 is 31.8. The largest absolute Gasteiger partial charge is 0.497 e. The lowest BCUT2D eigenvalue weighted by Gasteiger charge is -2.11. The molecule has 4 nitrogen and oxygen atoms in total. The fourth-order valence-electron chi connectivity index (χ4n) is 1.83. The first-order valence-corrected chi connectivity index (χ1v) is 7.58. The Morgan fingerprint density at radius 1 is 1.26 bits per heavy atom. The van der Waals surface area contributed by atoms with Crippen LogP contribution in [0.15, 0.2) is 53.0 Å². The van der Waals surface area contributed by atoms with E-state index in [4.69, 9.17) is 4.74 Å². The van der Waals surface area contributed by atoms with Gasteiger partial charge in [-0.15, -0.1) is 0 Å². The first-order valence-electron chi connectivity index (χ1n) is 6.10. The van der Waals surface area contributed by atoms with Gasteiger partial charge in [0, 0.05) is 6.54 Å². The zero-order valence-corrected chi connectivity index (χ0v) is 11.6. The van der Waals surface area contributed by atoms with Crippen LogP contribution < -0.4 is 9.46 Å². The van der Waals surface area contributed by atoms with Crippen molar-refractivity contribution in [2.45, 2.75) is 17.7 Å².